The van der Waals surface area contributed by atoms with Crippen molar-refractivity contribution in [2.24, 2.45) is 0 Å². The molecule has 19 heavy (non-hydrogen) atoms. The molecule has 1 atom stereocenters. The maximum Gasteiger partial charge on any atom is 0.417 e. The highest BCUT2D eigenvalue weighted by molar-refractivity contribution is 5.73. The van der Waals surface area contributed by atoms with E-state index in [1.54, 1.807) is 12.1 Å². The van der Waals surface area contributed by atoms with Crippen LogP contribution in [0.25, 0.3) is 11.1 Å². The monoisotopic (exact) mass is 264 g/mol. The molecule has 102 valence electrons. The van der Waals surface area contributed by atoms with Crippen molar-refractivity contribution in [3.05, 3.63) is 34.3 Å². The van der Waals surface area contributed by atoms with Crippen LogP contribution in [0.15, 0.2) is 27.4 Å². The molecule has 6 nitrogen and oxygen atoms in total. The molecule has 1 heterocycles. The lowest BCUT2D eigenvalue weighted by Gasteiger charge is -2.15. The van der Waals surface area contributed by atoms with Crippen LogP contribution >= 0.6 is 0 Å². The third-order valence-electron chi connectivity index (χ3n) is 3.06. The second kappa shape index (κ2) is 5.71. The van der Waals surface area contributed by atoms with Crippen molar-refractivity contribution in [2.75, 3.05) is 14.2 Å². The van der Waals surface area contributed by atoms with Crippen molar-refractivity contribution < 1.29 is 13.9 Å². The SMILES string of the molecule is CNC(CCC(=O)OC)c1ccc2[nH]c(=O)oc2c1. The third-order valence-corrected chi connectivity index (χ3v) is 3.06. The summed E-state index contributed by atoms with van der Waals surface area (Å²) in [7, 11) is 3.19. The van der Waals surface area contributed by atoms with Gasteiger partial charge in [-0.15, -0.1) is 0 Å². The molecule has 1 aromatic heterocycles. The Morgan fingerprint density at radius 3 is 3.00 bits per heavy atom. The number of fused-ring (bicyclic) bond motifs is 1. The highest BCUT2D eigenvalue weighted by atomic mass is 16.5. The van der Waals surface area contributed by atoms with E-state index in [9.17, 15) is 9.59 Å². The first-order valence-electron chi connectivity index (χ1n) is 6.01. The van der Waals surface area contributed by atoms with E-state index in [1.165, 1.54) is 7.11 Å². The average molecular weight is 264 g/mol. The summed E-state index contributed by atoms with van der Waals surface area (Å²) in [5, 5.41) is 3.13. The maximum absolute atomic E-state index is 11.2. The van der Waals surface area contributed by atoms with Gasteiger partial charge in [0.25, 0.3) is 0 Å². The molecule has 0 fully saturated rings. The molecular weight excluding hydrogens is 248 g/mol. The van der Waals surface area contributed by atoms with Crippen LogP contribution in [-0.2, 0) is 9.53 Å². The molecule has 0 bridgehead atoms. The fourth-order valence-corrected chi connectivity index (χ4v) is 2.02. The molecule has 0 spiro atoms. The Labute approximate surface area is 109 Å². The number of H-pyrrole nitrogens is 1. The normalized spacial score (nSPS) is 12.5. The highest BCUT2D eigenvalue weighted by Gasteiger charge is 2.13. The van der Waals surface area contributed by atoms with Gasteiger partial charge in [-0.2, -0.15) is 0 Å². The first-order chi connectivity index (χ1) is 9.13. The van der Waals surface area contributed by atoms with E-state index in [-0.39, 0.29) is 12.0 Å². The number of rotatable bonds is 5. The molecule has 1 unspecified atom stereocenters. The lowest BCUT2D eigenvalue weighted by Crippen LogP contribution is -2.17. The fraction of sp³-hybridized carbons (Fsp3) is 0.385. The van der Waals surface area contributed by atoms with Crippen LogP contribution in [0.1, 0.15) is 24.4 Å². The number of oxazole rings is 1. The van der Waals surface area contributed by atoms with E-state index in [2.05, 4.69) is 15.0 Å². The summed E-state index contributed by atoms with van der Waals surface area (Å²) >= 11 is 0. The van der Waals surface area contributed by atoms with Crippen LogP contribution in [0.3, 0.4) is 0 Å². The highest BCUT2D eigenvalue weighted by Crippen LogP contribution is 2.22. The predicted molar refractivity (Wildman–Crippen MR) is 69.9 cm³/mol. The van der Waals surface area contributed by atoms with Gasteiger partial charge in [-0.1, -0.05) is 6.07 Å². The molecule has 0 aliphatic carbocycles. The van der Waals surface area contributed by atoms with Gasteiger partial charge in [0.2, 0.25) is 0 Å². The van der Waals surface area contributed by atoms with Crippen molar-refractivity contribution in [2.45, 2.75) is 18.9 Å². The van der Waals surface area contributed by atoms with Crippen molar-refractivity contribution in [3.63, 3.8) is 0 Å². The molecule has 2 aromatic rings. The number of carbonyl (C=O) groups excluding carboxylic acids is 1. The predicted octanol–water partition coefficient (Wildman–Crippen LogP) is 1.33. The Balaban J connectivity index is 2.19. The number of esters is 1. The van der Waals surface area contributed by atoms with Gasteiger partial charge in [-0.3, -0.25) is 9.78 Å². The minimum Gasteiger partial charge on any atom is -0.469 e. The average Bonchev–Trinajstić information content (AvgIpc) is 2.78. The number of ether oxygens (including phenoxy) is 1. The van der Waals surface area contributed by atoms with E-state index in [0.29, 0.717) is 23.9 Å². The fourth-order valence-electron chi connectivity index (χ4n) is 2.02. The Bertz CT molecular complexity index is 629. The molecule has 0 aliphatic heterocycles. The molecule has 2 N–H and O–H groups in total. The minimum absolute atomic E-state index is 0.00343. The number of hydrogen-bond donors (Lipinski definition) is 2. The zero-order valence-electron chi connectivity index (χ0n) is 10.9. The van der Waals surface area contributed by atoms with Crippen molar-refractivity contribution in [3.8, 4) is 0 Å². The number of benzene rings is 1. The van der Waals surface area contributed by atoms with E-state index >= 15 is 0 Å². The van der Waals surface area contributed by atoms with Crippen molar-refractivity contribution in [1.29, 1.82) is 0 Å². The first kappa shape index (κ1) is 13.4. The van der Waals surface area contributed by atoms with E-state index in [4.69, 9.17) is 4.42 Å². The first-order valence-corrected chi connectivity index (χ1v) is 6.01. The molecule has 0 saturated carbocycles. The summed E-state index contributed by atoms with van der Waals surface area (Å²) in [5.74, 6) is -0.711. The summed E-state index contributed by atoms with van der Waals surface area (Å²) in [4.78, 5) is 24.8. The van der Waals surface area contributed by atoms with Crippen molar-refractivity contribution >= 4 is 17.1 Å². The lowest BCUT2D eigenvalue weighted by molar-refractivity contribution is -0.140. The summed E-state index contributed by atoms with van der Waals surface area (Å²) in [6.07, 6.45) is 0.945. The molecule has 0 saturated heterocycles. The van der Waals surface area contributed by atoms with Crippen molar-refractivity contribution in [1.82, 2.24) is 10.3 Å². The molecule has 6 heteroatoms. The van der Waals surface area contributed by atoms with Gasteiger partial charge in [0.1, 0.15) is 0 Å². The number of aromatic amines is 1. The van der Waals surface area contributed by atoms with Gasteiger partial charge in [0.15, 0.2) is 5.58 Å². The summed E-state index contributed by atoms with van der Waals surface area (Å²) < 4.78 is 9.64. The second-order valence-electron chi connectivity index (χ2n) is 4.23. The smallest absolute Gasteiger partial charge is 0.417 e. The molecule has 0 radical (unpaired) electrons. The topological polar surface area (TPSA) is 84.3 Å². The second-order valence-corrected chi connectivity index (χ2v) is 4.23. The summed E-state index contributed by atoms with van der Waals surface area (Å²) in [5.41, 5.74) is 2.14. The largest absolute Gasteiger partial charge is 0.469 e. The Morgan fingerprint density at radius 1 is 1.53 bits per heavy atom. The lowest BCUT2D eigenvalue weighted by atomic mass is 10.0. The van der Waals surface area contributed by atoms with Gasteiger partial charge in [-0.05, 0) is 31.2 Å². The van der Waals surface area contributed by atoms with Crippen LogP contribution in [-0.4, -0.2) is 25.1 Å². The number of aromatic nitrogens is 1. The van der Waals surface area contributed by atoms with Gasteiger partial charge < -0.3 is 14.5 Å². The van der Waals surface area contributed by atoms with Crippen LogP contribution in [0.4, 0.5) is 0 Å². The van der Waals surface area contributed by atoms with E-state index in [1.807, 2.05) is 13.1 Å². The van der Waals surface area contributed by atoms with Gasteiger partial charge in [0, 0.05) is 12.5 Å². The number of nitrogens with one attached hydrogen (secondary N) is 2. The summed E-state index contributed by atoms with van der Waals surface area (Å²) in [6.45, 7) is 0. The third kappa shape index (κ3) is 3.03. The molecule has 0 aliphatic rings. The molecular formula is C13H16N2O4. The van der Waals surface area contributed by atoms with Crippen LogP contribution in [0, 0.1) is 0 Å². The zero-order chi connectivity index (χ0) is 13.8. The molecule has 1 aromatic carbocycles. The van der Waals surface area contributed by atoms with Crippen LogP contribution < -0.4 is 11.1 Å². The van der Waals surface area contributed by atoms with E-state index in [0.717, 1.165) is 5.56 Å². The summed E-state index contributed by atoms with van der Waals surface area (Å²) in [6, 6.07) is 5.49. The molecule has 0 amide bonds. The number of hydrogen-bond acceptors (Lipinski definition) is 5. The van der Waals surface area contributed by atoms with Crippen LogP contribution in [0.5, 0.6) is 0 Å². The van der Waals surface area contributed by atoms with Crippen LogP contribution in [0.2, 0.25) is 0 Å². The standard InChI is InChI=1S/C13H16N2O4/c1-14-9(5-6-12(16)18-2)8-3-4-10-11(7-8)19-13(17)15-10/h3-4,7,9,14H,5-6H2,1-2H3,(H,15,17). The van der Waals surface area contributed by atoms with Gasteiger partial charge in [-0.25, -0.2) is 4.79 Å². The zero-order valence-corrected chi connectivity index (χ0v) is 10.9. The Kier molecular flexibility index (Phi) is 4.01. The van der Waals surface area contributed by atoms with E-state index < -0.39 is 5.76 Å². The minimum atomic E-state index is -0.470. The van der Waals surface area contributed by atoms with Gasteiger partial charge in [0.05, 0.1) is 12.6 Å². The quantitative estimate of drug-likeness (QED) is 0.796. The Hall–Kier alpha value is -2.08. The number of methoxy groups -OCH3 is 1. The maximum atomic E-state index is 11.2. The Morgan fingerprint density at radius 2 is 2.32 bits per heavy atom. The number of carbonyl (C=O) groups is 1. The van der Waals surface area contributed by atoms with Gasteiger partial charge >= 0.3 is 11.7 Å². The molecule has 2 rings (SSSR count).